The zero-order chi connectivity index (χ0) is 22.0. The molecule has 3 aliphatic heterocycles. The minimum atomic E-state index is -0.839. The van der Waals surface area contributed by atoms with Crippen molar-refractivity contribution in [2.75, 3.05) is 46.4 Å². The van der Waals surface area contributed by atoms with E-state index in [9.17, 15) is 14.7 Å². The van der Waals surface area contributed by atoms with Gasteiger partial charge in [-0.25, -0.2) is 9.79 Å². The number of β-amino-alcohol motifs (C(OH)–C–C–N with tert-alkyl or cyclic N) is 1. The Morgan fingerprint density at radius 2 is 1.94 bits per heavy atom. The van der Waals surface area contributed by atoms with Gasteiger partial charge in [0.05, 0.1) is 6.54 Å². The molecule has 3 atom stereocenters. The Bertz CT molecular complexity index is 839. The molecule has 3 heterocycles. The van der Waals surface area contributed by atoms with Gasteiger partial charge in [-0.1, -0.05) is 19.1 Å². The van der Waals surface area contributed by atoms with Gasteiger partial charge in [0.25, 0.3) is 5.91 Å². The maximum atomic E-state index is 12.7. The second-order valence-electron chi connectivity index (χ2n) is 8.04. The molecule has 3 N–H and O–H groups in total. The highest BCUT2D eigenvalue weighted by Gasteiger charge is 2.50. The molecule has 0 aliphatic carbocycles. The van der Waals surface area contributed by atoms with E-state index in [1.165, 1.54) is 10.5 Å². The van der Waals surface area contributed by atoms with E-state index in [0.29, 0.717) is 11.7 Å². The van der Waals surface area contributed by atoms with Crippen molar-refractivity contribution in [3.8, 4) is 5.75 Å². The Morgan fingerprint density at radius 3 is 2.61 bits per heavy atom. The van der Waals surface area contributed by atoms with Crippen LogP contribution in [0.25, 0.3) is 0 Å². The van der Waals surface area contributed by atoms with Crippen LogP contribution in [-0.4, -0.2) is 102 Å². The predicted octanol–water partition coefficient (Wildman–Crippen LogP) is -0.558. The quantitative estimate of drug-likeness (QED) is 0.555. The lowest BCUT2D eigenvalue weighted by molar-refractivity contribution is -0.127. The molecule has 1 aromatic rings. The lowest BCUT2D eigenvalue weighted by atomic mass is 10.1. The minimum Gasteiger partial charge on any atom is -0.491 e. The van der Waals surface area contributed by atoms with E-state index in [1.54, 1.807) is 7.05 Å². The number of aliphatic hydroxyl groups excluding tert-OH is 1. The van der Waals surface area contributed by atoms with Gasteiger partial charge >= 0.3 is 6.03 Å². The first-order chi connectivity index (χ1) is 15.0. The third-order valence-electron chi connectivity index (χ3n) is 5.92. The third kappa shape index (κ3) is 4.45. The number of rotatable bonds is 6. The summed E-state index contributed by atoms with van der Waals surface area (Å²) in [6.07, 6.45) is -0.498. The van der Waals surface area contributed by atoms with E-state index < -0.39 is 30.2 Å². The van der Waals surface area contributed by atoms with Crippen LogP contribution < -0.4 is 15.4 Å². The molecule has 3 aliphatic rings. The van der Waals surface area contributed by atoms with Crippen molar-refractivity contribution in [2.24, 2.45) is 4.99 Å². The zero-order valence-electron chi connectivity index (χ0n) is 18.0. The van der Waals surface area contributed by atoms with Crippen LogP contribution in [0.3, 0.4) is 0 Å². The van der Waals surface area contributed by atoms with Crippen molar-refractivity contribution < 1.29 is 19.4 Å². The summed E-state index contributed by atoms with van der Waals surface area (Å²) in [5.41, 5.74) is 1.22. The van der Waals surface area contributed by atoms with Crippen LogP contribution in [0.15, 0.2) is 29.3 Å². The highest BCUT2D eigenvalue weighted by molar-refractivity contribution is 6.03. The molecular weight excluding hydrogens is 400 g/mol. The Balaban J connectivity index is 1.47. The molecular formula is C21H30N6O4. The fourth-order valence-corrected chi connectivity index (χ4v) is 4.13. The molecule has 0 spiro atoms. The molecule has 2 saturated heterocycles. The van der Waals surface area contributed by atoms with Crippen LogP contribution in [0.4, 0.5) is 4.79 Å². The molecule has 3 amide bonds. The van der Waals surface area contributed by atoms with Gasteiger partial charge in [-0.3, -0.25) is 10.1 Å². The number of fused-ring (bicyclic) bond motifs is 1. The van der Waals surface area contributed by atoms with Gasteiger partial charge in [0.1, 0.15) is 18.5 Å². The summed E-state index contributed by atoms with van der Waals surface area (Å²) in [6, 6.07) is 6.64. The van der Waals surface area contributed by atoms with Crippen molar-refractivity contribution in [2.45, 2.75) is 31.7 Å². The summed E-state index contributed by atoms with van der Waals surface area (Å²) < 4.78 is 5.75. The van der Waals surface area contributed by atoms with Crippen LogP contribution in [0.5, 0.6) is 5.75 Å². The number of ether oxygens (including phenoxy) is 1. The van der Waals surface area contributed by atoms with Crippen molar-refractivity contribution in [3.05, 3.63) is 29.8 Å². The largest absolute Gasteiger partial charge is 0.491 e. The van der Waals surface area contributed by atoms with Crippen LogP contribution in [0, 0.1) is 0 Å². The highest BCUT2D eigenvalue weighted by Crippen LogP contribution is 2.26. The topological polar surface area (TPSA) is 110 Å². The number of aryl methyl sites for hydroxylation is 1. The van der Waals surface area contributed by atoms with Gasteiger partial charge in [0, 0.05) is 33.2 Å². The number of aliphatic hydroxyl groups is 1. The van der Waals surface area contributed by atoms with Crippen LogP contribution in [-0.2, 0) is 11.2 Å². The number of carbonyl (C=O) groups is 2. The van der Waals surface area contributed by atoms with Gasteiger partial charge in [-0.15, -0.1) is 0 Å². The second kappa shape index (κ2) is 9.11. The van der Waals surface area contributed by atoms with E-state index in [-0.39, 0.29) is 13.2 Å². The number of imide groups is 1. The van der Waals surface area contributed by atoms with Crippen molar-refractivity contribution in [3.63, 3.8) is 0 Å². The molecule has 1 aromatic carbocycles. The number of nitrogens with zero attached hydrogens (tertiary/aromatic N) is 4. The number of amides is 3. The molecule has 168 valence electrons. The average molecular weight is 431 g/mol. The van der Waals surface area contributed by atoms with E-state index in [4.69, 9.17) is 9.73 Å². The predicted molar refractivity (Wildman–Crippen MR) is 115 cm³/mol. The van der Waals surface area contributed by atoms with Crippen molar-refractivity contribution in [1.29, 1.82) is 0 Å². The van der Waals surface area contributed by atoms with Crippen LogP contribution >= 0.6 is 0 Å². The standard InChI is InChI=1S/C21H30N6O4/c1-3-14-4-6-16(7-5-14)31-13-15(28)12-27-17-18(25(2)21(30)24-19(17)29)23-20(27)26-10-8-22-9-11-26/h4-7,15,17-18,22,28H,3,8-13H2,1-2H3,(H,24,29,30). The maximum Gasteiger partial charge on any atom is 0.325 e. The fourth-order valence-electron chi connectivity index (χ4n) is 4.13. The molecule has 0 bridgehead atoms. The first-order valence-corrected chi connectivity index (χ1v) is 10.8. The Morgan fingerprint density at radius 1 is 1.23 bits per heavy atom. The zero-order valence-corrected chi connectivity index (χ0v) is 18.0. The summed E-state index contributed by atoms with van der Waals surface area (Å²) in [7, 11) is 1.63. The SMILES string of the molecule is CCc1ccc(OCC(O)CN2C(N3CCNCC3)=NC3C2C(=O)NC(=O)N3C)cc1. The number of nitrogens with one attached hydrogen (secondary N) is 2. The number of urea groups is 1. The number of hydrogen-bond donors (Lipinski definition) is 3. The van der Waals surface area contributed by atoms with Crippen molar-refractivity contribution >= 4 is 17.9 Å². The normalized spacial score (nSPS) is 24.6. The molecule has 10 nitrogen and oxygen atoms in total. The Labute approximate surface area is 181 Å². The molecule has 10 heteroatoms. The van der Waals surface area contributed by atoms with Gasteiger partial charge in [-0.2, -0.15) is 0 Å². The average Bonchev–Trinajstić information content (AvgIpc) is 3.17. The monoisotopic (exact) mass is 430 g/mol. The molecule has 0 aromatic heterocycles. The highest BCUT2D eigenvalue weighted by atomic mass is 16.5. The van der Waals surface area contributed by atoms with E-state index in [0.717, 1.165) is 32.6 Å². The molecule has 0 saturated carbocycles. The Kier molecular flexibility index (Phi) is 6.28. The summed E-state index contributed by atoms with van der Waals surface area (Å²) >= 11 is 0. The summed E-state index contributed by atoms with van der Waals surface area (Å²) in [5.74, 6) is 0.928. The maximum absolute atomic E-state index is 12.7. The first kappa shape index (κ1) is 21.4. The fraction of sp³-hybridized carbons (Fsp3) is 0.571. The number of hydrogen-bond acceptors (Lipinski definition) is 8. The number of benzene rings is 1. The number of piperazine rings is 1. The van der Waals surface area contributed by atoms with E-state index >= 15 is 0 Å². The first-order valence-electron chi connectivity index (χ1n) is 10.8. The van der Waals surface area contributed by atoms with Gasteiger partial charge < -0.3 is 29.9 Å². The number of carbonyl (C=O) groups excluding carboxylic acids is 2. The van der Waals surface area contributed by atoms with Crippen LogP contribution in [0.2, 0.25) is 0 Å². The second-order valence-corrected chi connectivity index (χ2v) is 8.04. The smallest absolute Gasteiger partial charge is 0.325 e. The lowest BCUT2D eigenvalue weighted by Gasteiger charge is -2.39. The van der Waals surface area contributed by atoms with E-state index in [1.807, 2.05) is 29.2 Å². The number of guanidine groups is 1. The number of likely N-dealkylation sites (N-methyl/N-ethyl adjacent to an activating group) is 1. The van der Waals surface area contributed by atoms with Crippen LogP contribution in [0.1, 0.15) is 12.5 Å². The third-order valence-corrected chi connectivity index (χ3v) is 5.92. The summed E-state index contributed by atoms with van der Waals surface area (Å²) in [5, 5.41) is 16.4. The molecule has 4 rings (SSSR count). The van der Waals surface area contributed by atoms with Gasteiger partial charge in [0.15, 0.2) is 18.2 Å². The molecule has 0 radical (unpaired) electrons. The summed E-state index contributed by atoms with van der Waals surface area (Å²) in [6.45, 7) is 5.45. The minimum absolute atomic E-state index is 0.0879. The van der Waals surface area contributed by atoms with E-state index in [2.05, 4.69) is 22.5 Å². The number of aliphatic imine (C=N–C) groups is 1. The van der Waals surface area contributed by atoms with Gasteiger partial charge in [0.2, 0.25) is 0 Å². The Hall–Kier alpha value is -2.85. The van der Waals surface area contributed by atoms with Crippen molar-refractivity contribution in [1.82, 2.24) is 25.3 Å². The van der Waals surface area contributed by atoms with Gasteiger partial charge in [-0.05, 0) is 24.1 Å². The molecule has 3 unspecified atom stereocenters. The molecule has 2 fully saturated rings. The lowest BCUT2D eigenvalue weighted by Crippen LogP contribution is -2.65. The molecule has 31 heavy (non-hydrogen) atoms. The summed E-state index contributed by atoms with van der Waals surface area (Å²) in [4.78, 5) is 34.8.